The van der Waals surface area contributed by atoms with Gasteiger partial charge in [-0.1, -0.05) is 30.9 Å². The van der Waals surface area contributed by atoms with Gasteiger partial charge in [0.1, 0.15) is 6.17 Å². The molecule has 1 amide bonds. The topological polar surface area (TPSA) is 94.9 Å². The molecule has 3 atom stereocenters. The summed E-state index contributed by atoms with van der Waals surface area (Å²) in [5.41, 5.74) is 7.35. The molecule has 8 heteroatoms. The first-order valence-electron chi connectivity index (χ1n) is 9.69. The molecule has 2 rings (SSSR count). The van der Waals surface area contributed by atoms with E-state index in [0.29, 0.717) is 39.5 Å². The van der Waals surface area contributed by atoms with Gasteiger partial charge in [-0.25, -0.2) is 0 Å². The van der Waals surface area contributed by atoms with Crippen molar-refractivity contribution in [2.45, 2.75) is 18.2 Å². The maximum absolute atomic E-state index is 12.7. The molecule has 0 aromatic heterocycles. The summed E-state index contributed by atoms with van der Waals surface area (Å²) in [6, 6.07) is 0.0930. The molecule has 1 aliphatic heterocycles. The fourth-order valence-corrected chi connectivity index (χ4v) is 3.39. The van der Waals surface area contributed by atoms with Gasteiger partial charge in [-0.2, -0.15) is 0 Å². The minimum atomic E-state index is -0.175. The first-order valence-corrected chi connectivity index (χ1v) is 9.69. The molecule has 1 fully saturated rings. The van der Waals surface area contributed by atoms with Crippen LogP contribution in [0.5, 0.6) is 0 Å². The van der Waals surface area contributed by atoms with Crippen LogP contribution in [0.1, 0.15) is 0 Å². The van der Waals surface area contributed by atoms with Crippen LogP contribution in [0, 0.1) is 0 Å². The highest BCUT2D eigenvalue weighted by Gasteiger charge is 2.27. The highest BCUT2D eigenvalue weighted by molar-refractivity contribution is 5.78. The Bertz CT molecular complexity index is 591. The monoisotopic (exact) mass is 390 g/mol. The summed E-state index contributed by atoms with van der Waals surface area (Å²) in [4.78, 5) is 16.6. The number of ether oxygens (including phenoxy) is 1. The Morgan fingerprint density at radius 2 is 2.29 bits per heavy atom. The third kappa shape index (κ3) is 6.57. The predicted octanol–water partition coefficient (Wildman–Crippen LogP) is -0.649. The lowest BCUT2D eigenvalue weighted by molar-refractivity contribution is -0.137. The molecule has 0 radical (unpaired) electrons. The van der Waals surface area contributed by atoms with Gasteiger partial charge in [0, 0.05) is 38.3 Å². The molecule has 28 heavy (non-hydrogen) atoms. The third-order valence-corrected chi connectivity index (χ3v) is 4.83. The van der Waals surface area contributed by atoms with E-state index >= 15 is 0 Å². The SMILES string of the molecule is C=CCNCC(=O)N1CCOCN(CC2=CC(N)C(NC)C=C2)C[C@@H]1NC=C. The van der Waals surface area contributed by atoms with Crippen molar-refractivity contribution in [2.24, 2.45) is 5.73 Å². The second kappa shape index (κ2) is 11.8. The minimum Gasteiger partial charge on any atom is -0.371 e. The summed E-state index contributed by atoms with van der Waals surface area (Å²) in [5, 5.41) is 9.47. The van der Waals surface area contributed by atoms with Crippen LogP contribution in [0.15, 0.2) is 49.2 Å². The van der Waals surface area contributed by atoms with Gasteiger partial charge in [0.25, 0.3) is 0 Å². The Labute approximate surface area is 168 Å². The van der Waals surface area contributed by atoms with Gasteiger partial charge in [0.15, 0.2) is 0 Å². The molecule has 0 bridgehead atoms. The van der Waals surface area contributed by atoms with Crippen LogP contribution in [0.2, 0.25) is 0 Å². The van der Waals surface area contributed by atoms with E-state index in [1.165, 1.54) is 0 Å². The smallest absolute Gasteiger partial charge is 0.238 e. The molecule has 1 aliphatic carbocycles. The van der Waals surface area contributed by atoms with Gasteiger partial charge >= 0.3 is 0 Å². The second-order valence-corrected chi connectivity index (χ2v) is 6.93. The summed E-state index contributed by atoms with van der Waals surface area (Å²) < 4.78 is 5.78. The van der Waals surface area contributed by atoms with Crippen LogP contribution in [-0.4, -0.2) is 87.1 Å². The first kappa shape index (κ1) is 22.3. The molecule has 5 N–H and O–H groups in total. The average Bonchev–Trinajstić information content (AvgIpc) is 2.66. The van der Waals surface area contributed by atoms with E-state index in [1.54, 1.807) is 17.2 Å². The van der Waals surface area contributed by atoms with Crippen LogP contribution in [0.3, 0.4) is 0 Å². The van der Waals surface area contributed by atoms with Crippen molar-refractivity contribution in [1.82, 2.24) is 25.8 Å². The van der Waals surface area contributed by atoms with E-state index < -0.39 is 0 Å². The zero-order chi connectivity index (χ0) is 20.4. The summed E-state index contributed by atoms with van der Waals surface area (Å²) in [7, 11) is 1.90. The zero-order valence-electron chi connectivity index (χ0n) is 16.8. The molecular formula is C20H34N6O2. The van der Waals surface area contributed by atoms with Crippen molar-refractivity contribution in [1.29, 1.82) is 0 Å². The Hall–Kier alpha value is -1.97. The Kier molecular flexibility index (Phi) is 9.39. The van der Waals surface area contributed by atoms with E-state index in [2.05, 4.69) is 52.2 Å². The Morgan fingerprint density at radius 1 is 1.46 bits per heavy atom. The maximum Gasteiger partial charge on any atom is 0.238 e. The molecule has 0 aromatic rings. The van der Waals surface area contributed by atoms with Crippen molar-refractivity contribution >= 4 is 5.91 Å². The molecule has 0 spiro atoms. The number of nitrogens with zero attached hydrogens (tertiary/aromatic N) is 2. The number of carbonyl (C=O) groups is 1. The quantitative estimate of drug-likeness (QED) is 0.307. The standard InChI is InChI=1S/C20H34N6O2/c1-4-8-23-12-20(27)26-9-10-28-15-25(14-19(26)24-5-2)13-16-6-7-18(22-3)17(21)11-16/h4-7,11,17-19,22-24H,1-2,8-10,12-15,21H2,3H3/t17?,18?,19-/m1/s1. The van der Waals surface area contributed by atoms with Crippen LogP contribution in [0.4, 0.5) is 0 Å². The number of amides is 1. The number of carbonyl (C=O) groups excluding carboxylic acids is 1. The minimum absolute atomic E-state index is 0.0160. The largest absolute Gasteiger partial charge is 0.371 e. The third-order valence-electron chi connectivity index (χ3n) is 4.83. The predicted molar refractivity (Wildman–Crippen MR) is 112 cm³/mol. The lowest BCUT2D eigenvalue weighted by Gasteiger charge is -2.38. The molecule has 1 saturated heterocycles. The lowest BCUT2D eigenvalue weighted by Crippen LogP contribution is -2.57. The highest BCUT2D eigenvalue weighted by Crippen LogP contribution is 2.14. The summed E-state index contributed by atoms with van der Waals surface area (Å²) >= 11 is 0. The van der Waals surface area contributed by atoms with Crippen molar-refractivity contribution < 1.29 is 9.53 Å². The van der Waals surface area contributed by atoms with E-state index in [0.717, 1.165) is 5.57 Å². The van der Waals surface area contributed by atoms with Crippen LogP contribution in [0.25, 0.3) is 0 Å². The number of rotatable bonds is 9. The molecular weight excluding hydrogens is 356 g/mol. The van der Waals surface area contributed by atoms with Crippen molar-refractivity contribution in [2.75, 3.05) is 53.1 Å². The van der Waals surface area contributed by atoms with E-state index in [1.807, 2.05) is 7.05 Å². The number of hydrogen-bond acceptors (Lipinski definition) is 7. The van der Waals surface area contributed by atoms with Gasteiger partial charge in [0.2, 0.25) is 5.91 Å². The fourth-order valence-electron chi connectivity index (χ4n) is 3.39. The summed E-state index contributed by atoms with van der Waals surface area (Å²) in [6.45, 7) is 11.1. The lowest BCUT2D eigenvalue weighted by atomic mass is 9.98. The number of nitrogens with two attached hydrogens (primary N) is 1. The highest BCUT2D eigenvalue weighted by atomic mass is 16.5. The van der Waals surface area contributed by atoms with Gasteiger partial charge in [-0.15, -0.1) is 6.58 Å². The Balaban J connectivity index is 2.03. The number of nitrogens with one attached hydrogen (secondary N) is 3. The average molecular weight is 391 g/mol. The van der Waals surface area contributed by atoms with Crippen LogP contribution < -0.4 is 21.7 Å². The van der Waals surface area contributed by atoms with Crippen LogP contribution >= 0.6 is 0 Å². The molecule has 2 aliphatic rings. The van der Waals surface area contributed by atoms with Crippen molar-refractivity contribution in [3.05, 3.63) is 49.2 Å². The van der Waals surface area contributed by atoms with E-state index in [4.69, 9.17) is 10.5 Å². The van der Waals surface area contributed by atoms with E-state index in [-0.39, 0.29) is 30.7 Å². The molecule has 156 valence electrons. The summed E-state index contributed by atoms with van der Waals surface area (Å²) in [5.74, 6) is 0.0160. The van der Waals surface area contributed by atoms with Crippen LogP contribution in [-0.2, 0) is 9.53 Å². The summed E-state index contributed by atoms with van der Waals surface area (Å²) in [6.07, 6.45) is 9.46. The fraction of sp³-hybridized carbons (Fsp3) is 0.550. The normalized spacial score (nSPS) is 26.1. The van der Waals surface area contributed by atoms with Gasteiger partial charge in [-0.05, 0) is 18.8 Å². The molecule has 1 heterocycles. The molecule has 2 unspecified atom stereocenters. The van der Waals surface area contributed by atoms with E-state index in [9.17, 15) is 4.79 Å². The molecule has 0 saturated carbocycles. The molecule has 8 nitrogen and oxygen atoms in total. The zero-order valence-corrected chi connectivity index (χ0v) is 16.8. The number of hydrogen-bond donors (Lipinski definition) is 4. The van der Waals surface area contributed by atoms with Gasteiger partial charge in [-0.3, -0.25) is 9.69 Å². The molecule has 0 aromatic carbocycles. The van der Waals surface area contributed by atoms with Crippen molar-refractivity contribution in [3.8, 4) is 0 Å². The van der Waals surface area contributed by atoms with Crippen molar-refractivity contribution in [3.63, 3.8) is 0 Å². The Morgan fingerprint density at radius 3 is 2.96 bits per heavy atom. The second-order valence-electron chi connectivity index (χ2n) is 6.93. The maximum atomic E-state index is 12.7. The number of likely N-dealkylation sites (N-methyl/N-ethyl adjacent to an activating group) is 1. The van der Waals surface area contributed by atoms with Gasteiger partial charge in [0.05, 0.1) is 19.9 Å². The first-order chi connectivity index (χ1) is 13.6. The van der Waals surface area contributed by atoms with Gasteiger partial charge < -0.3 is 31.3 Å².